The molecular formula is C17H20F2N2OS. The molecule has 0 amide bonds. The second kappa shape index (κ2) is 6.04. The average Bonchev–Trinajstić information content (AvgIpc) is 3.21. The van der Waals surface area contributed by atoms with Crippen LogP contribution in [-0.2, 0) is 11.4 Å². The van der Waals surface area contributed by atoms with Crippen molar-refractivity contribution in [2.75, 3.05) is 0 Å². The predicted molar refractivity (Wildman–Crippen MR) is 84.1 cm³/mol. The molecular weight excluding hydrogens is 318 g/mol. The van der Waals surface area contributed by atoms with Gasteiger partial charge in [0.2, 0.25) is 5.92 Å². The fourth-order valence-electron chi connectivity index (χ4n) is 3.57. The van der Waals surface area contributed by atoms with Crippen molar-refractivity contribution < 1.29 is 13.3 Å². The summed E-state index contributed by atoms with van der Waals surface area (Å²) in [5.41, 5.74) is 0.763. The summed E-state index contributed by atoms with van der Waals surface area (Å²) in [5, 5.41) is 9.39. The summed E-state index contributed by atoms with van der Waals surface area (Å²) >= 11 is -1.57. The van der Waals surface area contributed by atoms with E-state index in [1.165, 1.54) is 0 Å². The number of rotatable bonds is 4. The van der Waals surface area contributed by atoms with E-state index < -0.39 is 29.2 Å². The van der Waals surface area contributed by atoms with Crippen LogP contribution in [0.4, 0.5) is 8.78 Å². The van der Waals surface area contributed by atoms with Crippen molar-refractivity contribution in [1.29, 1.82) is 5.26 Å². The molecule has 1 N–H and O–H groups in total. The Bertz CT molecular complexity index is 604. The standard InChI is InChI=1S/C17H20F2N2OS/c1-12-2-4-14(5-3-12)23(22)21-15(10-20)13-8-16(6-7-16)11-17(18,19)9-13/h2-5,13,15,21H,6-9,11H2,1H3/t13-,15+,23-/m0/s1. The molecule has 2 fully saturated rings. The fraction of sp³-hybridized carbons (Fsp3) is 0.588. The first-order chi connectivity index (χ1) is 10.8. The molecule has 0 aromatic heterocycles. The average molecular weight is 338 g/mol. The molecule has 3 atom stereocenters. The van der Waals surface area contributed by atoms with E-state index in [4.69, 9.17) is 0 Å². The van der Waals surface area contributed by atoms with Crippen LogP contribution in [-0.4, -0.2) is 16.5 Å². The largest absolute Gasteiger partial charge is 0.593 e. The predicted octanol–water partition coefficient (Wildman–Crippen LogP) is 3.72. The van der Waals surface area contributed by atoms with Gasteiger partial charge in [0.05, 0.1) is 17.4 Å². The normalized spacial score (nSPS) is 27.2. The van der Waals surface area contributed by atoms with Gasteiger partial charge < -0.3 is 4.55 Å². The van der Waals surface area contributed by atoms with Gasteiger partial charge in [0.1, 0.15) is 6.04 Å². The first-order valence-corrected chi connectivity index (χ1v) is 9.00. The summed E-state index contributed by atoms with van der Waals surface area (Å²) in [5.74, 6) is -3.18. The number of alkyl halides is 2. The number of nitrogens with zero attached hydrogens (tertiary/aromatic N) is 1. The number of aryl methyl sites for hydroxylation is 1. The number of benzene rings is 1. The van der Waals surface area contributed by atoms with E-state index >= 15 is 0 Å². The van der Waals surface area contributed by atoms with Crippen LogP contribution < -0.4 is 4.72 Å². The fourth-order valence-corrected chi connectivity index (χ4v) is 4.57. The van der Waals surface area contributed by atoms with Crippen molar-refractivity contribution in [3.63, 3.8) is 0 Å². The zero-order valence-corrected chi connectivity index (χ0v) is 13.8. The SMILES string of the molecule is Cc1ccc([S@+]([O-])N[C@H](C#N)[C@@H]2CC(F)(F)CC3(CC3)C2)cc1. The minimum absolute atomic E-state index is 0.0598. The Kier molecular flexibility index (Phi) is 4.39. The summed E-state index contributed by atoms with van der Waals surface area (Å²) in [6.07, 6.45) is 1.90. The maximum Gasteiger partial charge on any atom is 0.249 e. The molecule has 0 heterocycles. The molecule has 3 rings (SSSR count). The topological polar surface area (TPSA) is 58.9 Å². The van der Waals surface area contributed by atoms with Crippen LogP contribution >= 0.6 is 0 Å². The third-order valence-corrected chi connectivity index (χ3v) is 6.09. The summed E-state index contributed by atoms with van der Waals surface area (Å²) in [6, 6.07) is 8.36. The zero-order valence-electron chi connectivity index (χ0n) is 13.0. The second-order valence-electron chi connectivity index (χ2n) is 7.01. The quantitative estimate of drug-likeness (QED) is 0.851. The van der Waals surface area contributed by atoms with Gasteiger partial charge in [-0.25, -0.2) is 8.78 Å². The molecule has 3 nitrogen and oxygen atoms in total. The maximum absolute atomic E-state index is 14.0. The first kappa shape index (κ1) is 16.7. The third-order valence-electron chi connectivity index (χ3n) is 4.93. The number of hydrogen-bond donors (Lipinski definition) is 1. The Morgan fingerprint density at radius 3 is 2.52 bits per heavy atom. The van der Waals surface area contributed by atoms with Crippen LogP contribution in [0, 0.1) is 29.6 Å². The lowest BCUT2D eigenvalue weighted by molar-refractivity contribution is -0.0804. The van der Waals surface area contributed by atoms with E-state index in [1.807, 2.05) is 25.1 Å². The van der Waals surface area contributed by atoms with E-state index in [-0.39, 0.29) is 18.3 Å². The van der Waals surface area contributed by atoms with E-state index in [1.54, 1.807) is 12.1 Å². The Balaban J connectivity index is 1.70. The minimum Gasteiger partial charge on any atom is -0.593 e. The molecule has 0 radical (unpaired) electrons. The van der Waals surface area contributed by atoms with Crippen LogP contribution in [0.2, 0.25) is 0 Å². The summed E-state index contributed by atoms with van der Waals surface area (Å²) in [6.45, 7) is 1.93. The van der Waals surface area contributed by atoms with Crippen molar-refractivity contribution in [3.05, 3.63) is 29.8 Å². The van der Waals surface area contributed by atoms with Crippen molar-refractivity contribution in [2.45, 2.75) is 55.9 Å². The van der Waals surface area contributed by atoms with Crippen LogP contribution in [0.5, 0.6) is 0 Å². The lowest BCUT2D eigenvalue weighted by Crippen LogP contribution is -2.45. The summed E-state index contributed by atoms with van der Waals surface area (Å²) in [7, 11) is 0. The van der Waals surface area contributed by atoms with Gasteiger partial charge in [-0.2, -0.15) is 5.26 Å². The Morgan fingerprint density at radius 2 is 1.96 bits per heavy atom. The molecule has 2 aliphatic rings. The van der Waals surface area contributed by atoms with Gasteiger partial charge in [-0.1, -0.05) is 17.7 Å². The first-order valence-electron chi connectivity index (χ1n) is 7.85. The van der Waals surface area contributed by atoms with Crippen molar-refractivity contribution in [3.8, 4) is 6.07 Å². The lowest BCUT2D eigenvalue weighted by atomic mass is 9.74. The molecule has 2 saturated carbocycles. The molecule has 2 aliphatic carbocycles. The van der Waals surface area contributed by atoms with E-state index in [0.717, 1.165) is 18.4 Å². The van der Waals surface area contributed by atoms with Gasteiger partial charge >= 0.3 is 0 Å². The Morgan fingerprint density at radius 1 is 1.30 bits per heavy atom. The van der Waals surface area contributed by atoms with Gasteiger partial charge in [-0.15, -0.1) is 4.72 Å². The van der Waals surface area contributed by atoms with Gasteiger partial charge in [0.15, 0.2) is 4.90 Å². The molecule has 0 aliphatic heterocycles. The zero-order chi connectivity index (χ0) is 16.7. The molecule has 0 saturated heterocycles. The molecule has 23 heavy (non-hydrogen) atoms. The second-order valence-corrected chi connectivity index (χ2v) is 8.25. The highest BCUT2D eigenvalue weighted by Crippen LogP contribution is 2.61. The highest BCUT2D eigenvalue weighted by Gasteiger charge is 2.57. The lowest BCUT2D eigenvalue weighted by Gasteiger charge is -2.36. The van der Waals surface area contributed by atoms with Crippen molar-refractivity contribution >= 4 is 11.4 Å². The molecule has 1 aromatic carbocycles. The van der Waals surface area contributed by atoms with E-state index in [2.05, 4.69) is 4.72 Å². The molecule has 6 heteroatoms. The van der Waals surface area contributed by atoms with Crippen LogP contribution in [0.25, 0.3) is 0 Å². The van der Waals surface area contributed by atoms with Gasteiger partial charge in [0, 0.05) is 12.8 Å². The van der Waals surface area contributed by atoms with Crippen LogP contribution in [0.1, 0.15) is 37.7 Å². The Hall–Kier alpha value is -1.16. The third kappa shape index (κ3) is 3.85. The van der Waals surface area contributed by atoms with Gasteiger partial charge in [-0.05, 0) is 49.7 Å². The number of hydrogen-bond acceptors (Lipinski definition) is 3. The minimum atomic E-state index is -2.72. The molecule has 124 valence electrons. The maximum atomic E-state index is 14.0. The summed E-state index contributed by atoms with van der Waals surface area (Å²) < 4.78 is 43.1. The molecule has 0 bridgehead atoms. The van der Waals surface area contributed by atoms with Gasteiger partial charge in [-0.3, -0.25) is 0 Å². The van der Waals surface area contributed by atoms with Crippen molar-refractivity contribution in [2.24, 2.45) is 11.3 Å². The molecule has 1 spiro atoms. The van der Waals surface area contributed by atoms with E-state index in [0.29, 0.717) is 11.3 Å². The summed E-state index contributed by atoms with van der Waals surface area (Å²) in [4.78, 5) is 0.555. The van der Waals surface area contributed by atoms with Gasteiger partial charge in [0.25, 0.3) is 0 Å². The van der Waals surface area contributed by atoms with Crippen molar-refractivity contribution in [1.82, 2.24) is 4.72 Å². The van der Waals surface area contributed by atoms with Crippen LogP contribution in [0.3, 0.4) is 0 Å². The highest BCUT2D eigenvalue weighted by atomic mass is 32.2. The number of nitriles is 1. The number of nitrogens with one attached hydrogen (secondary N) is 1. The highest BCUT2D eigenvalue weighted by molar-refractivity contribution is 7.89. The van der Waals surface area contributed by atoms with E-state index in [9.17, 15) is 18.6 Å². The Labute approximate surface area is 138 Å². The molecule has 0 unspecified atom stereocenters. The number of halogens is 2. The monoisotopic (exact) mass is 338 g/mol. The van der Waals surface area contributed by atoms with Crippen LogP contribution in [0.15, 0.2) is 29.2 Å². The molecule has 1 aromatic rings. The smallest absolute Gasteiger partial charge is 0.249 e.